The summed E-state index contributed by atoms with van der Waals surface area (Å²) in [5, 5.41) is 12.8. The van der Waals surface area contributed by atoms with Gasteiger partial charge < -0.3 is 9.88 Å². The van der Waals surface area contributed by atoms with Crippen LogP contribution in [0.3, 0.4) is 0 Å². The standard InChI is InChI=1S/C19H12F3N3O/c20-19(21,22)14-3-1-12(2-4-14)15-8-11(10-23)7-13-9-16-18(26)24-5-6-25(16)17(13)15/h1-4,7-9H,5-6H2,(H,24,26). The maximum atomic E-state index is 12.8. The molecule has 1 N–H and O–H groups in total. The number of amides is 1. The molecule has 1 amide bonds. The molecule has 4 nitrogen and oxygen atoms in total. The van der Waals surface area contributed by atoms with Gasteiger partial charge in [-0.3, -0.25) is 4.79 Å². The molecule has 2 heterocycles. The van der Waals surface area contributed by atoms with Crippen molar-refractivity contribution in [2.45, 2.75) is 12.7 Å². The Kier molecular flexibility index (Phi) is 3.51. The monoisotopic (exact) mass is 355 g/mol. The average molecular weight is 355 g/mol. The number of fused-ring (bicyclic) bond motifs is 3. The lowest BCUT2D eigenvalue weighted by atomic mass is 9.99. The zero-order valence-corrected chi connectivity index (χ0v) is 13.4. The minimum atomic E-state index is -4.41. The largest absolute Gasteiger partial charge is 0.416 e. The highest BCUT2D eigenvalue weighted by atomic mass is 19.4. The first kappa shape index (κ1) is 16.2. The van der Waals surface area contributed by atoms with Gasteiger partial charge in [-0.2, -0.15) is 18.4 Å². The van der Waals surface area contributed by atoms with Crippen LogP contribution in [0.15, 0.2) is 42.5 Å². The zero-order chi connectivity index (χ0) is 18.5. The molecule has 1 aliphatic heterocycles. The van der Waals surface area contributed by atoms with Gasteiger partial charge in [-0.15, -0.1) is 0 Å². The topological polar surface area (TPSA) is 57.8 Å². The lowest BCUT2D eigenvalue weighted by Gasteiger charge is -2.18. The fourth-order valence-electron chi connectivity index (χ4n) is 3.33. The molecule has 0 saturated carbocycles. The lowest BCUT2D eigenvalue weighted by Crippen LogP contribution is -2.34. The van der Waals surface area contributed by atoms with Crippen LogP contribution in [0.5, 0.6) is 0 Å². The third kappa shape index (κ3) is 2.51. The molecule has 1 aromatic heterocycles. The van der Waals surface area contributed by atoms with Gasteiger partial charge in [-0.1, -0.05) is 12.1 Å². The molecule has 0 aliphatic carbocycles. The van der Waals surface area contributed by atoms with Gasteiger partial charge in [-0.25, -0.2) is 0 Å². The molecule has 26 heavy (non-hydrogen) atoms. The fourth-order valence-corrected chi connectivity index (χ4v) is 3.33. The second kappa shape index (κ2) is 5.63. The number of nitrogens with zero attached hydrogens (tertiary/aromatic N) is 2. The number of alkyl halides is 3. The Morgan fingerprint density at radius 3 is 2.50 bits per heavy atom. The molecule has 3 aromatic rings. The van der Waals surface area contributed by atoms with Crippen molar-refractivity contribution in [1.29, 1.82) is 5.26 Å². The lowest BCUT2D eigenvalue weighted by molar-refractivity contribution is -0.137. The van der Waals surface area contributed by atoms with E-state index in [0.29, 0.717) is 40.9 Å². The number of aromatic nitrogens is 1. The van der Waals surface area contributed by atoms with Crippen LogP contribution in [-0.4, -0.2) is 17.0 Å². The molecule has 7 heteroatoms. The summed E-state index contributed by atoms with van der Waals surface area (Å²) >= 11 is 0. The van der Waals surface area contributed by atoms with Gasteiger partial charge in [0.15, 0.2) is 0 Å². The number of carbonyl (C=O) groups is 1. The number of benzene rings is 2. The van der Waals surface area contributed by atoms with Gasteiger partial charge >= 0.3 is 6.18 Å². The number of hydrogen-bond donors (Lipinski definition) is 1. The summed E-state index contributed by atoms with van der Waals surface area (Å²) < 4.78 is 40.3. The van der Waals surface area contributed by atoms with Crippen molar-refractivity contribution < 1.29 is 18.0 Å². The smallest absolute Gasteiger partial charge is 0.349 e. The first-order valence-electron chi connectivity index (χ1n) is 7.92. The number of hydrogen-bond acceptors (Lipinski definition) is 2. The Bertz CT molecular complexity index is 1070. The molecule has 1 aliphatic rings. The van der Waals surface area contributed by atoms with E-state index in [-0.39, 0.29) is 5.91 Å². The molecule has 4 rings (SSSR count). The van der Waals surface area contributed by atoms with E-state index >= 15 is 0 Å². The number of halogens is 3. The first-order valence-corrected chi connectivity index (χ1v) is 7.92. The molecule has 0 radical (unpaired) electrons. The summed E-state index contributed by atoms with van der Waals surface area (Å²) in [6.45, 7) is 1.03. The van der Waals surface area contributed by atoms with Gasteiger partial charge in [0.2, 0.25) is 0 Å². The Labute approximate surface area is 146 Å². The van der Waals surface area contributed by atoms with Crippen molar-refractivity contribution >= 4 is 16.8 Å². The van der Waals surface area contributed by atoms with Crippen LogP contribution in [0.1, 0.15) is 21.6 Å². The number of nitriles is 1. The van der Waals surface area contributed by atoms with Crippen molar-refractivity contribution in [2.75, 3.05) is 6.54 Å². The predicted molar refractivity (Wildman–Crippen MR) is 89.4 cm³/mol. The Morgan fingerprint density at radius 2 is 1.85 bits per heavy atom. The highest BCUT2D eigenvalue weighted by molar-refractivity contribution is 6.04. The van der Waals surface area contributed by atoms with Gasteiger partial charge in [0.05, 0.1) is 22.7 Å². The molecule has 0 spiro atoms. The van der Waals surface area contributed by atoms with Crippen LogP contribution >= 0.6 is 0 Å². The summed E-state index contributed by atoms with van der Waals surface area (Å²) in [7, 11) is 0. The maximum Gasteiger partial charge on any atom is 0.416 e. The van der Waals surface area contributed by atoms with Crippen LogP contribution in [-0.2, 0) is 12.7 Å². The van der Waals surface area contributed by atoms with Gasteiger partial charge in [-0.05, 0) is 35.9 Å². The summed E-state index contributed by atoms with van der Waals surface area (Å²) in [6, 6.07) is 11.9. The first-order chi connectivity index (χ1) is 12.4. The summed E-state index contributed by atoms with van der Waals surface area (Å²) in [5.74, 6) is -0.204. The van der Waals surface area contributed by atoms with E-state index in [0.717, 1.165) is 17.6 Å². The summed E-state index contributed by atoms with van der Waals surface area (Å²) in [4.78, 5) is 12.1. The van der Waals surface area contributed by atoms with Gasteiger partial charge in [0.25, 0.3) is 5.91 Å². The minimum absolute atomic E-state index is 0.204. The third-order valence-electron chi connectivity index (χ3n) is 4.50. The van der Waals surface area contributed by atoms with Crippen molar-refractivity contribution in [3.63, 3.8) is 0 Å². The van der Waals surface area contributed by atoms with Crippen molar-refractivity contribution in [2.24, 2.45) is 0 Å². The second-order valence-electron chi connectivity index (χ2n) is 6.09. The molecule has 0 saturated heterocycles. The van der Waals surface area contributed by atoms with E-state index in [1.54, 1.807) is 18.2 Å². The molecular weight excluding hydrogens is 343 g/mol. The summed E-state index contributed by atoms with van der Waals surface area (Å²) in [6.07, 6.45) is -4.41. The third-order valence-corrected chi connectivity index (χ3v) is 4.50. The molecule has 0 fully saturated rings. The van der Waals surface area contributed by atoms with E-state index in [2.05, 4.69) is 11.4 Å². The van der Waals surface area contributed by atoms with Crippen LogP contribution < -0.4 is 5.32 Å². The normalized spacial score (nSPS) is 14.0. The number of carbonyl (C=O) groups excluding carboxylic acids is 1. The summed E-state index contributed by atoms with van der Waals surface area (Å²) in [5.41, 5.74) is 2.07. The molecular formula is C19H12F3N3O. The van der Waals surface area contributed by atoms with Gasteiger partial charge in [0, 0.05) is 24.0 Å². The average Bonchev–Trinajstić information content (AvgIpc) is 3.00. The van der Waals surface area contributed by atoms with Crippen molar-refractivity contribution in [3.05, 3.63) is 59.3 Å². The number of rotatable bonds is 1. The zero-order valence-electron chi connectivity index (χ0n) is 13.4. The molecule has 0 bridgehead atoms. The van der Waals surface area contributed by atoms with E-state index < -0.39 is 11.7 Å². The fraction of sp³-hybridized carbons (Fsp3) is 0.158. The van der Waals surface area contributed by atoms with Crippen LogP contribution in [0, 0.1) is 11.3 Å². The second-order valence-corrected chi connectivity index (χ2v) is 6.09. The van der Waals surface area contributed by atoms with E-state index in [1.165, 1.54) is 12.1 Å². The SMILES string of the molecule is N#Cc1cc(-c2ccc(C(F)(F)F)cc2)c2c(c1)cc1n2CCNC1=O. The highest BCUT2D eigenvalue weighted by Crippen LogP contribution is 2.35. The van der Waals surface area contributed by atoms with E-state index in [9.17, 15) is 23.2 Å². The molecule has 0 atom stereocenters. The predicted octanol–water partition coefficient (Wildman–Crippen LogP) is 3.94. The molecule has 2 aromatic carbocycles. The van der Waals surface area contributed by atoms with Crippen molar-refractivity contribution in [1.82, 2.24) is 9.88 Å². The van der Waals surface area contributed by atoms with Gasteiger partial charge in [0.1, 0.15) is 5.69 Å². The Morgan fingerprint density at radius 1 is 1.12 bits per heavy atom. The quantitative estimate of drug-likeness (QED) is 0.719. The Balaban J connectivity index is 1.97. The van der Waals surface area contributed by atoms with Crippen LogP contribution in [0.2, 0.25) is 0 Å². The van der Waals surface area contributed by atoms with E-state index in [4.69, 9.17) is 0 Å². The highest BCUT2D eigenvalue weighted by Gasteiger charge is 2.30. The van der Waals surface area contributed by atoms with Crippen LogP contribution in [0.4, 0.5) is 13.2 Å². The molecule has 0 unspecified atom stereocenters. The Hall–Kier alpha value is -3.27. The maximum absolute atomic E-state index is 12.8. The molecule has 130 valence electrons. The van der Waals surface area contributed by atoms with Crippen molar-refractivity contribution in [3.8, 4) is 17.2 Å². The minimum Gasteiger partial charge on any atom is -0.349 e. The van der Waals surface area contributed by atoms with Crippen LogP contribution in [0.25, 0.3) is 22.0 Å². The number of nitrogens with one attached hydrogen (secondary N) is 1. The van der Waals surface area contributed by atoms with E-state index in [1.807, 2.05) is 4.57 Å².